The van der Waals surface area contributed by atoms with E-state index in [-0.39, 0.29) is 18.5 Å². The molecule has 0 aliphatic heterocycles. The van der Waals surface area contributed by atoms with Gasteiger partial charge in [-0.15, -0.1) is 0 Å². The fourth-order valence-corrected chi connectivity index (χ4v) is 4.87. The van der Waals surface area contributed by atoms with Gasteiger partial charge in [-0.05, 0) is 53.7 Å². The molecule has 1 aromatic carbocycles. The van der Waals surface area contributed by atoms with E-state index in [0.29, 0.717) is 40.4 Å². The van der Waals surface area contributed by atoms with Crippen LogP contribution in [0, 0.1) is 23.2 Å². The minimum absolute atomic E-state index is 0.0290. The third-order valence-corrected chi connectivity index (χ3v) is 6.64. The van der Waals surface area contributed by atoms with Crippen LogP contribution in [0.4, 0.5) is 0 Å². The highest BCUT2D eigenvalue weighted by Gasteiger charge is 2.57. The number of fused-ring (bicyclic) bond motifs is 2. The highest BCUT2D eigenvalue weighted by atomic mass is 16.5. The van der Waals surface area contributed by atoms with Crippen molar-refractivity contribution in [3.63, 3.8) is 0 Å². The summed E-state index contributed by atoms with van der Waals surface area (Å²) in [6.07, 6.45) is 2.47. The van der Waals surface area contributed by atoms with Crippen molar-refractivity contribution in [2.45, 2.75) is 46.1 Å². The maximum atomic E-state index is 12.5. The van der Waals surface area contributed by atoms with Gasteiger partial charge in [0.1, 0.15) is 6.10 Å². The summed E-state index contributed by atoms with van der Waals surface area (Å²) in [5.41, 5.74) is 1.18. The second kappa shape index (κ2) is 7.01. The zero-order valence-electron chi connectivity index (χ0n) is 16.6. The Balaban J connectivity index is 1.67. The predicted molar refractivity (Wildman–Crippen MR) is 98.8 cm³/mol. The number of benzene rings is 1. The molecule has 3 aliphatic carbocycles. The Kier molecular flexibility index (Phi) is 5.09. The SMILES string of the molecule is COc1cc(CC(=O)O[C@@H]2C[C@H]3C[C@@H]([C@@H]2C)C3(C)C)cc(OC)c1OC. The molecule has 0 heterocycles. The molecule has 26 heavy (non-hydrogen) atoms. The van der Waals surface area contributed by atoms with E-state index in [4.69, 9.17) is 18.9 Å². The van der Waals surface area contributed by atoms with Crippen LogP contribution in [0.15, 0.2) is 12.1 Å². The Morgan fingerprint density at radius 3 is 2.15 bits per heavy atom. The van der Waals surface area contributed by atoms with Crippen molar-refractivity contribution in [2.75, 3.05) is 21.3 Å². The van der Waals surface area contributed by atoms with Crippen molar-refractivity contribution < 1.29 is 23.7 Å². The number of esters is 1. The topological polar surface area (TPSA) is 54.0 Å². The minimum atomic E-state index is -0.199. The van der Waals surface area contributed by atoms with Gasteiger partial charge >= 0.3 is 5.97 Å². The maximum Gasteiger partial charge on any atom is 0.310 e. The van der Waals surface area contributed by atoms with Gasteiger partial charge < -0.3 is 18.9 Å². The first-order valence-corrected chi connectivity index (χ1v) is 9.30. The summed E-state index contributed by atoms with van der Waals surface area (Å²) in [4.78, 5) is 12.5. The largest absolute Gasteiger partial charge is 0.493 e. The lowest BCUT2D eigenvalue weighted by Gasteiger charge is -2.61. The standard InChI is InChI=1S/C21H30O5/c1-12-15-10-14(21(15,2)3)11-16(12)26-19(22)9-13-7-17(23-4)20(25-6)18(8-13)24-5/h7-8,12,14-16H,9-11H2,1-6H3/t12-,14+,15-,16+/m0/s1. The number of hydrogen-bond donors (Lipinski definition) is 0. The van der Waals surface area contributed by atoms with E-state index in [0.717, 1.165) is 12.0 Å². The lowest BCUT2D eigenvalue weighted by Crippen LogP contribution is -2.57. The third-order valence-electron chi connectivity index (χ3n) is 6.64. The minimum Gasteiger partial charge on any atom is -0.493 e. The van der Waals surface area contributed by atoms with Crippen molar-refractivity contribution in [3.8, 4) is 17.2 Å². The Morgan fingerprint density at radius 1 is 1.08 bits per heavy atom. The molecular formula is C21H30O5. The van der Waals surface area contributed by atoms with Crippen LogP contribution in [0.25, 0.3) is 0 Å². The van der Waals surface area contributed by atoms with Gasteiger partial charge in [0.2, 0.25) is 5.75 Å². The van der Waals surface area contributed by atoms with E-state index < -0.39 is 0 Å². The molecule has 5 nitrogen and oxygen atoms in total. The molecule has 0 amide bonds. The molecule has 0 unspecified atom stereocenters. The Hall–Kier alpha value is -1.91. The molecule has 2 bridgehead atoms. The molecule has 3 aliphatic rings. The molecule has 1 aromatic rings. The molecule has 4 rings (SSSR count). The average Bonchev–Trinajstić information content (AvgIpc) is 2.61. The number of carbonyl (C=O) groups excluding carboxylic acids is 1. The van der Waals surface area contributed by atoms with Crippen molar-refractivity contribution in [2.24, 2.45) is 23.2 Å². The van der Waals surface area contributed by atoms with Gasteiger partial charge in [0.15, 0.2) is 11.5 Å². The summed E-state index contributed by atoms with van der Waals surface area (Å²) in [5, 5.41) is 0. The fourth-order valence-electron chi connectivity index (χ4n) is 4.87. The molecule has 0 aromatic heterocycles. The van der Waals surface area contributed by atoms with E-state index >= 15 is 0 Å². The van der Waals surface area contributed by atoms with Gasteiger partial charge in [-0.2, -0.15) is 0 Å². The van der Waals surface area contributed by atoms with Crippen LogP contribution in [0.1, 0.15) is 39.2 Å². The van der Waals surface area contributed by atoms with E-state index in [1.54, 1.807) is 33.5 Å². The molecule has 3 saturated carbocycles. The molecule has 3 fully saturated rings. The van der Waals surface area contributed by atoms with E-state index in [9.17, 15) is 4.79 Å². The van der Waals surface area contributed by atoms with Crippen LogP contribution < -0.4 is 14.2 Å². The average molecular weight is 362 g/mol. The van der Waals surface area contributed by atoms with Crippen molar-refractivity contribution in [1.29, 1.82) is 0 Å². The Bertz CT molecular complexity index is 656. The van der Waals surface area contributed by atoms with Crippen LogP contribution >= 0.6 is 0 Å². The second-order valence-corrected chi connectivity index (χ2v) is 8.19. The second-order valence-electron chi connectivity index (χ2n) is 8.19. The summed E-state index contributed by atoms with van der Waals surface area (Å²) in [6, 6.07) is 3.60. The summed E-state index contributed by atoms with van der Waals surface area (Å²) in [7, 11) is 4.69. The lowest BCUT2D eigenvalue weighted by molar-refractivity contribution is -0.185. The first kappa shape index (κ1) is 18.9. The monoisotopic (exact) mass is 362 g/mol. The van der Waals surface area contributed by atoms with Crippen LogP contribution in [-0.4, -0.2) is 33.4 Å². The number of ether oxygens (including phenoxy) is 4. The first-order valence-electron chi connectivity index (χ1n) is 9.30. The quantitative estimate of drug-likeness (QED) is 0.719. The van der Waals surface area contributed by atoms with Gasteiger partial charge in [-0.1, -0.05) is 20.8 Å². The van der Waals surface area contributed by atoms with Crippen LogP contribution in [0.3, 0.4) is 0 Å². The number of rotatable bonds is 6. The van der Waals surface area contributed by atoms with Gasteiger partial charge in [0.25, 0.3) is 0 Å². The zero-order valence-corrected chi connectivity index (χ0v) is 16.6. The van der Waals surface area contributed by atoms with Crippen LogP contribution in [-0.2, 0) is 16.0 Å². The predicted octanol–water partition coefficient (Wildman–Crippen LogP) is 3.87. The number of carbonyl (C=O) groups is 1. The number of hydrogen-bond acceptors (Lipinski definition) is 5. The third kappa shape index (κ3) is 3.12. The molecule has 0 radical (unpaired) electrons. The highest BCUT2D eigenvalue weighted by Crippen LogP contribution is 2.61. The van der Waals surface area contributed by atoms with Crippen LogP contribution in [0.5, 0.6) is 17.2 Å². The van der Waals surface area contributed by atoms with E-state index in [1.165, 1.54) is 6.42 Å². The summed E-state index contributed by atoms with van der Waals surface area (Å²) >= 11 is 0. The fraction of sp³-hybridized carbons (Fsp3) is 0.667. The lowest BCUT2D eigenvalue weighted by atomic mass is 9.45. The van der Waals surface area contributed by atoms with Crippen molar-refractivity contribution >= 4 is 5.97 Å². The molecular weight excluding hydrogens is 332 g/mol. The maximum absolute atomic E-state index is 12.5. The molecule has 0 N–H and O–H groups in total. The Labute approximate surface area is 156 Å². The Morgan fingerprint density at radius 2 is 1.69 bits per heavy atom. The van der Waals surface area contributed by atoms with Gasteiger partial charge in [-0.3, -0.25) is 4.79 Å². The summed E-state index contributed by atoms with van der Waals surface area (Å²) in [6.45, 7) is 6.91. The van der Waals surface area contributed by atoms with Gasteiger partial charge in [0, 0.05) is 0 Å². The van der Waals surface area contributed by atoms with Crippen molar-refractivity contribution in [3.05, 3.63) is 17.7 Å². The highest BCUT2D eigenvalue weighted by molar-refractivity contribution is 5.74. The molecule has 4 atom stereocenters. The van der Waals surface area contributed by atoms with Gasteiger partial charge in [0.05, 0.1) is 27.8 Å². The van der Waals surface area contributed by atoms with E-state index in [1.807, 2.05) is 0 Å². The first-order chi connectivity index (χ1) is 12.3. The zero-order chi connectivity index (χ0) is 19.1. The van der Waals surface area contributed by atoms with Crippen molar-refractivity contribution in [1.82, 2.24) is 0 Å². The normalized spacial score (nSPS) is 28.7. The molecule has 5 heteroatoms. The van der Waals surface area contributed by atoms with Gasteiger partial charge in [-0.25, -0.2) is 0 Å². The smallest absolute Gasteiger partial charge is 0.310 e. The summed E-state index contributed by atoms with van der Waals surface area (Å²) < 4.78 is 21.9. The molecule has 0 saturated heterocycles. The molecule has 144 valence electrons. The summed E-state index contributed by atoms with van der Waals surface area (Å²) in [5.74, 6) is 3.15. The number of methoxy groups -OCH3 is 3. The molecule has 0 spiro atoms. The van der Waals surface area contributed by atoms with E-state index in [2.05, 4.69) is 20.8 Å². The van der Waals surface area contributed by atoms with Crippen LogP contribution in [0.2, 0.25) is 0 Å².